The van der Waals surface area contributed by atoms with E-state index in [0.717, 1.165) is 0 Å². The van der Waals surface area contributed by atoms with Gasteiger partial charge in [0.05, 0.1) is 18.3 Å². The molecule has 108 valence electrons. The molecule has 0 saturated carbocycles. The van der Waals surface area contributed by atoms with Crippen LogP contribution in [0.2, 0.25) is 0 Å². The van der Waals surface area contributed by atoms with E-state index in [1.54, 1.807) is 12.1 Å². The first-order valence-electron chi connectivity index (χ1n) is 6.93. The molecule has 1 aliphatic carbocycles. The van der Waals surface area contributed by atoms with Gasteiger partial charge in [-0.05, 0) is 24.0 Å². The number of nitrogens with one attached hydrogen (secondary N) is 1. The van der Waals surface area contributed by atoms with Crippen molar-refractivity contribution in [2.45, 2.75) is 32.6 Å². The topological polar surface area (TPSA) is 83.1 Å². The van der Waals surface area contributed by atoms with Crippen LogP contribution in [0, 0.1) is 22.7 Å². The fourth-order valence-electron chi connectivity index (χ4n) is 3.26. The van der Waals surface area contributed by atoms with Crippen LogP contribution in [-0.4, -0.2) is 11.7 Å². The van der Waals surface area contributed by atoms with Crippen LogP contribution in [0.15, 0.2) is 34.1 Å². The Morgan fingerprint density at radius 3 is 2.76 bits per heavy atom. The van der Waals surface area contributed by atoms with Crippen LogP contribution in [0.1, 0.15) is 38.4 Å². The van der Waals surface area contributed by atoms with Gasteiger partial charge in [-0.3, -0.25) is 9.59 Å². The van der Waals surface area contributed by atoms with Crippen molar-refractivity contribution in [3.05, 3.63) is 35.4 Å². The Hall–Kier alpha value is -2.35. The van der Waals surface area contributed by atoms with Crippen LogP contribution in [0.4, 0.5) is 0 Å². The van der Waals surface area contributed by atoms with E-state index < -0.39 is 11.8 Å². The van der Waals surface area contributed by atoms with E-state index in [-0.39, 0.29) is 17.1 Å². The van der Waals surface area contributed by atoms with Crippen molar-refractivity contribution < 1.29 is 14.0 Å². The van der Waals surface area contributed by atoms with Gasteiger partial charge in [0.1, 0.15) is 11.7 Å². The molecule has 1 amide bonds. The molecule has 0 bridgehead atoms. The number of nitrogens with zero attached hydrogens (tertiary/aromatic N) is 1. The molecule has 2 aliphatic rings. The lowest BCUT2D eigenvalue weighted by Gasteiger charge is -2.38. The van der Waals surface area contributed by atoms with Crippen molar-refractivity contribution in [2.24, 2.45) is 11.3 Å². The summed E-state index contributed by atoms with van der Waals surface area (Å²) in [6.45, 7) is 4.00. The number of furan rings is 1. The Morgan fingerprint density at radius 1 is 1.38 bits per heavy atom. The zero-order valence-electron chi connectivity index (χ0n) is 12.0. The molecule has 1 aromatic rings. The highest BCUT2D eigenvalue weighted by molar-refractivity contribution is 6.02. The molecule has 0 aromatic carbocycles. The maximum Gasteiger partial charge on any atom is 0.242 e. The van der Waals surface area contributed by atoms with Crippen molar-refractivity contribution in [2.75, 3.05) is 0 Å². The largest absolute Gasteiger partial charge is 0.469 e. The zero-order chi connectivity index (χ0) is 15.2. The summed E-state index contributed by atoms with van der Waals surface area (Å²) in [4.78, 5) is 24.7. The molecule has 2 atom stereocenters. The average molecular weight is 284 g/mol. The lowest BCUT2D eigenvalue weighted by atomic mass is 9.68. The first-order valence-corrected chi connectivity index (χ1v) is 6.93. The van der Waals surface area contributed by atoms with E-state index >= 15 is 0 Å². The highest BCUT2D eigenvalue weighted by Crippen LogP contribution is 2.45. The van der Waals surface area contributed by atoms with Gasteiger partial charge < -0.3 is 9.73 Å². The summed E-state index contributed by atoms with van der Waals surface area (Å²) in [6.07, 6.45) is 2.53. The smallest absolute Gasteiger partial charge is 0.242 e. The number of hydrogen-bond acceptors (Lipinski definition) is 4. The summed E-state index contributed by atoms with van der Waals surface area (Å²) in [7, 11) is 0. The quantitative estimate of drug-likeness (QED) is 0.857. The molecule has 21 heavy (non-hydrogen) atoms. The van der Waals surface area contributed by atoms with Gasteiger partial charge in [0, 0.05) is 17.7 Å². The number of hydrogen-bond donors (Lipinski definition) is 1. The predicted molar refractivity (Wildman–Crippen MR) is 73.7 cm³/mol. The van der Waals surface area contributed by atoms with Crippen molar-refractivity contribution in [1.29, 1.82) is 5.26 Å². The van der Waals surface area contributed by atoms with Gasteiger partial charge in [-0.1, -0.05) is 13.8 Å². The van der Waals surface area contributed by atoms with Crippen LogP contribution in [0.25, 0.3) is 0 Å². The van der Waals surface area contributed by atoms with Gasteiger partial charge in [0.15, 0.2) is 5.78 Å². The van der Waals surface area contributed by atoms with Gasteiger partial charge >= 0.3 is 0 Å². The highest BCUT2D eigenvalue weighted by atomic mass is 16.3. The van der Waals surface area contributed by atoms with E-state index in [1.165, 1.54) is 6.26 Å². The molecule has 2 heterocycles. The summed E-state index contributed by atoms with van der Waals surface area (Å²) in [5, 5.41) is 12.1. The van der Waals surface area contributed by atoms with E-state index in [9.17, 15) is 14.9 Å². The minimum absolute atomic E-state index is 0.0112. The van der Waals surface area contributed by atoms with Gasteiger partial charge in [-0.25, -0.2) is 0 Å². The fourth-order valence-corrected chi connectivity index (χ4v) is 3.26. The monoisotopic (exact) mass is 284 g/mol. The first-order chi connectivity index (χ1) is 9.93. The van der Waals surface area contributed by atoms with Crippen molar-refractivity contribution >= 4 is 11.7 Å². The number of amides is 1. The summed E-state index contributed by atoms with van der Waals surface area (Å²) in [6, 6.07) is 5.42. The van der Waals surface area contributed by atoms with Crippen molar-refractivity contribution in [3.8, 4) is 6.07 Å². The van der Waals surface area contributed by atoms with Crippen LogP contribution >= 0.6 is 0 Å². The van der Waals surface area contributed by atoms with Gasteiger partial charge in [-0.2, -0.15) is 5.26 Å². The Labute approximate surface area is 122 Å². The minimum atomic E-state index is -0.930. The number of allylic oxidation sites excluding steroid dienone is 2. The summed E-state index contributed by atoms with van der Waals surface area (Å²) < 4.78 is 5.39. The zero-order valence-corrected chi connectivity index (χ0v) is 12.0. The van der Waals surface area contributed by atoms with Gasteiger partial charge in [0.2, 0.25) is 5.91 Å². The van der Waals surface area contributed by atoms with E-state index in [4.69, 9.17) is 4.42 Å². The molecular weight excluding hydrogens is 268 g/mol. The maximum absolute atomic E-state index is 12.6. The van der Waals surface area contributed by atoms with Crippen LogP contribution in [0.3, 0.4) is 0 Å². The number of carbonyl (C=O) groups excluding carboxylic acids is 2. The Morgan fingerprint density at radius 2 is 2.14 bits per heavy atom. The third-order valence-electron chi connectivity index (χ3n) is 4.11. The van der Waals surface area contributed by atoms with E-state index in [0.29, 0.717) is 29.9 Å². The molecule has 0 radical (unpaired) electrons. The number of carbonyl (C=O) groups is 2. The molecule has 3 rings (SSSR count). The highest BCUT2D eigenvalue weighted by Gasteiger charge is 2.46. The predicted octanol–water partition coefficient (Wildman–Crippen LogP) is 2.28. The minimum Gasteiger partial charge on any atom is -0.469 e. The number of Topliss-reactive ketones (excluding diaryl/α,β-unsaturated/α-hetero) is 1. The number of nitriles is 1. The molecule has 1 aromatic heterocycles. The van der Waals surface area contributed by atoms with Gasteiger partial charge in [0.25, 0.3) is 0 Å². The molecule has 5 nitrogen and oxygen atoms in total. The van der Waals surface area contributed by atoms with Crippen molar-refractivity contribution in [1.82, 2.24) is 5.32 Å². The van der Waals surface area contributed by atoms with Crippen LogP contribution in [0.5, 0.6) is 0 Å². The van der Waals surface area contributed by atoms with Crippen LogP contribution in [-0.2, 0) is 9.59 Å². The normalized spacial score (nSPS) is 27.9. The lowest BCUT2D eigenvalue weighted by Crippen LogP contribution is -2.45. The molecule has 1 aliphatic heterocycles. The fraction of sp³-hybridized carbons (Fsp3) is 0.438. The number of rotatable bonds is 1. The third-order valence-corrected chi connectivity index (χ3v) is 4.11. The SMILES string of the molecule is CC1(C)CC(=O)C2=C(C1)NC(=O)C(C#N)C2c1ccco1. The second-order valence-electron chi connectivity index (χ2n) is 6.42. The number of ketones is 1. The molecule has 5 heteroatoms. The molecule has 1 N–H and O–H groups in total. The first kappa shape index (κ1) is 13.6. The second kappa shape index (κ2) is 4.59. The standard InChI is InChI=1S/C16H16N2O3/c1-16(2)6-10-14(11(19)7-16)13(12-4-3-5-21-12)9(8-17)15(20)18-10/h3-5,9,13H,6-7H2,1-2H3,(H,18,20). The third kappa shape index (κ3) is 2.17. The van der Waals surface area contributed by atoms with Crippen LogP contribution < -0.4 is 5.32 Å². The van der Waals surface area contributed by atoms with Crippen molar-refractivity contribution in [3.63, 3.8) is 0 Å². The second-order valence-corrected chi connectivity index (χ2v) is 6.42. The summed E-state index contributed by atoms with van der Waals surface area (Å²) in [5.74, 6) is -1.40. The van der Waals surface area contributed by atoms with E-state index in [1.807, 2.05) is 19.9 Å². The molecular formula is C16H16N2O3. The molecule has 0 saturated heterocycles. The van der Waals surface area contributed by atoms with E-state index in [2.05, 4.69) is 5.32 Å². The Kier molecular flexibility index (Phi) is 2.98. The Bertz CT molecular complexity index is 677. The average Bonchev–Trinajstić information content (AvgIpc) is 2.88. The summed E-state index contributed by atoms with van der Waals surface area (Å²) in [5.41, 5.74) is 1.00. The summed E-state index contributed by atoms with van der Waals surface area (Å²) >= 11 is 0. The van der Waals surface area contributed by atoms with Gasteiger partial charge in [-0.15, -0.1) is 0 Å². The lowest BCUT2D eigenvalue weighted by molar-refractivity contribution is -0.125. The molecule has 0 spiro atoms. The Balaban J connectivity index is 2.16. The molecule has 2 unspecified atom stereocenters. The molecule has 0 fully saturated rings. The maximum atomic E-state index is 12.6.